The SMILES string of the molecule is COc1ccccc1N1C(=O)C(O)=C(C(=O)c2cc3ccccc3o2)C1c1cccs1. The summed E-state index contributed by atoms with van der Waals surface area (Å²) in [6.45, 7) is 0. The number of anilines is 1. The topological polar surface area (TPSA) is 80.0 Å². The van der Waals surface area contributed by atoms with Gasteiger partial charge in [0.05, 0.1) is 18.4 Å². The number of thiophene rings is 1. The molecule has 1 atom stereocenters. The number of aliphatic hydroxyl groups is 1. The van der Waals surface area contributed by atoms with Crippen LogP contribution in [0.1, 0.15) is 21.5 Å². The summed E-state index contributed by atoms with van der Waals surface area (Å²) >= 11 is 1.39. The summed E-state index contributed by atoms with van der Waals surface area (Å²) in [7, 11) is 1.51. The summed E-state index contributed by atoms with van der Waals surface area (Å²) in [6.07, 6.45) is 0. The molecule has 0 fully saturated rings. The lowest BCUT2D eigenvalue weighted by Crippen LogP contribution is -2.30. The van der Waals surface area contributed by atoms with E-state index in [1.165, 1.54) is 23.3 Å². The number of rotatable bonds is 5. The fourth-order valence-electron chi connectivity index (χ4n) is 3.86. The van der Waals surface area contributed by atoms with Crippen LogP contribution in [0.2, 0.25) is 0 Å². The summed E-state index contributed by atoms with van der Waals surface area (Å²) in [6, 6.07) is 18.8. The Labute approximate surface area is 181 Å². The van der Waals surface area contributed by atoms with Crippen LogP contribution in [0, 0.1) is 0 Å². The minimum Gasteiger partial charge on any atom is -0.503 e. The maximum Gasteiger partial charge on any atom is 0.294 e. The third kappa shape index (κ3) is 3.02. The molecule has 2 aromatic heterocycles. The summed E-state index contributed by atoms with van der Waals surface area (Å²) in [5.41, 5.74) is 1.01. The Kier molecular flexibility index (Phi) is 4.60. The highest BCUT2D eigenvalue weighted by Crippen LogP contribution is 2.46. The predicted octanol–water partition coefficient (Wildman–Crippen LogP) is 5.29. The first-order chi connectivity index (χ1) is 15.1. The largest absolute Gasteiger partial charge is 0.503 e. The van der Waals surface area contributed by atoms with Crippen LogP contribution in [-0.2, 0) is 4.79 Å². The van der Waals surface area contributed by atoms with Crippen molar-refractivity contribution < 1.29 is 23.8 Å². The van der Waals surface area contributed by atoms with Crippen molar-refractivity contribution in [1.29, 1.82) is 0 Å². The summed E-state index contributed by atoms with van der Waals surface area (Å²) in [5, 5.41) is 13.4. The van der Waals surface area contributed by atoms with Crippen molar-refractivity contribution in [2.75, 3.05) is 12.0 Å². The Morgan fingerprint density at radius 3 is 2.61 bits per heavy atom. The first kappa shape index (κ1) is 19.1. The number of fused-ring (bicyclic) bond motifs is 1. The van der Waals surface area contributed by atoms with Gasteiger partial charge in [-0.15, -0.1) is 11.3 Å². The molecule has 0 radical (unpaired) electrons. The van der Waals surface area contributed by atoms with Gasteiger partial charge in [-0.25, -0.2) is 0 Å². The van der Waals surface area contributed by atoms with Crippen LogP contribution in [0.25, 0.3) is 11.0 Å². The van der Waals surface area contributed by atoms with Crippen molar-refractivity contribution in [3.8, 4) is 5.75 Å². The molecule has 0 saturated carbocycles. The number of carbonyl (C=O) groups excluding carboxylic acids is 2. The lowest BCUT2D eigenvalue weighted by atomic mass is 10.00. The molecule has 0 aliphatic carbocycles. The van der Waals surface area contributed by atoms with Gasteiger partial charge in [-0.2, -0.15) is 0 Å². The number of ether oxygens (including phenoxy) is 1. The van der Waals surface area contributed by atoms with Crippen LogP contribution in [0.3, 0.4) is 0 Å². The molecular weight excluding hydrogens is 414 g/mol. The number of ketones is 1. The highest BCUT2D eigenvalue weighted by atomic mass is 32.1. The number of aliphatic hydroxyl groups excluding tert-OH is 1. The number of Topliss-reactive ketones (excluding diaryl/α,β-unsaturated/α-hetero) is 1. The molecule has 0 bridgehead atoms. The Morgan fingerprint density at radius 2 is 1.87 bits per heavy atom. The van der Waals surface area contributed by atoms with Crippen LogP contribution >= 0.6 is 11.3 Å². The number of furan rings is 1. The molecule has 31 heavy (non-hydrogen) atoms. The molecular formula is C24H17NO5S. The Bertz CT molecular complexity index is 1300. The number of methoxy groups -OCH3 is 1. The number of para-hydroxylation sites is 3. The van der Waals surface area contributed by atoms with E-state index < -0.39 is 23.5 Å². The van der Waals surface area contributed by atoms with E-state index in [4.69, 9.17) is 9.15 Å². The molecule has 1 aliphatic rings. The van der Waals surface area contributed by atoms with Crippen molar-refractivity contribution in [2.24, 2.45) is 0 Å². The normalized spacial score (nSPS) is 16.4. The van der Waals surface area contributed by atoms with Gasteiger partial charge in [0.15, 0.2) is 11.5 Å². The summed E-state index contributed by atoms with van der Waals surface area (Å²) in [4.78, 5) is 28.8. The van der Waals surface area contributed by atoms with Gasteiger partial charge in [-0.05, 0) is 35.7 Å². The van der Waals surface area contributed by atoms with E-state index in [0.29, 0.717) is 17.0 Å². The van der Waals surface area contributed by atoms with Gasteiger partial charge in [-0.3, -0.25) is 14.5 Å². The van der Waals surface area contributed by atoms with Crippen molar-refractivity contribution in [2.45, 2.75) is 6.04 Å². The monoisotopic (exact) mass is 431 g/mol. The zero-order valence-electron chi connectivity index (χ0n) is 16.4. The fraction of sp³-hybridized carbons (Fsp3) is 0.0833. The molecule has 6 nitrogen and oxygen atoms in total. The Hall–Kier alpha value is -3.84. The lowest BCUT2D eigenvalue weighted by Gasteiger charge is -2.26. The minimum atomic E-state index is -0.801. The first-order valence-corrected chi connectivity index (χ1v) is 10.4. The van der Waals surface area contributed by atoms with Gasteiger partial charge in [-0.1, -0.05) is 36.4 Å². The van der Waals surface area contributed by atoms with Gasteiger partial charge < -0.3 is 14.3 Å². The second-order valence-corrected chi connectivity index (χ2v) is 7.98. The Morgan fingerprint density at radius 1 is 1.10 bits per heavy atom. The molecule has 3 heterocycles. The molecule has 0 saturated heterocycles. The molecule has 1 amide bonds. The molecule has 1 unspecified atom stereocenters. The highest BCUT2D eigenvalue weighted by molar-refractivity contribution is 7.10. The van der Waals surface area contributed by atoms with Crippen LogP contribution < -0.4 is 9.64 Å². The summed E-state index contributed by atoms with van der Waals surface area (Å²) in [5.74, 6) is -1.25. The van der Waals surface area contributed by atoms with Gasteiger partial charge in [0.1, 0.15) is 17.4 Å². The zero-order chi connectivity index (χ0) is 21.5. The van der Waals surface area contributed by atoms with E-state index in [9.17, 15) is 14.7 Å². The number of hydrogen-bond donors (Lipinski definition) is 1. The van der Waals surface area contributed by atoms with Gasteiger partial charge >= 0.3 is 0 Å². The van der Waals surface area contributed by atoms with Gasteiger partial charge in [0, 0.05) is 10.3 Å². The molecule has 5 rings (SSSR count). The Balaban J connectivity index is 1.66. The molecule has 2 aromatic carbocycles. The average molecular weight is 431 g/mol. The van der Waals surface area contributed by atoms with E-state index in [1.807, 2.05) is 35.7 Å². The van der Waals surface area contributed by atoms with Gasteiger partial charge in [0.2, 0.25) is 5.78 Å². The number of hydrogen-bond acceptors (Lipinski definition) is 6. The van der Waals surface area contributed by atoms with Crippen LogP contribution in [0.15, 0.2) is 87.9 Å². The second kappa shape index (κ2) is 7.45. The standard InChI is InChI=1S/C24H17NO5S/c1-29-17-10-5-3-8-15(17)25-21(19-11-6-12-31-19)20(23(27)24(25)28)22(26)18-13-14-7-2-4-9-16(14)30-18/h2-13,21,27H,1H3. The van der Waals surface area contributed by atoms with E-state index in [-0.39, 0.29) is 11.3 Å². The number of benzene rings is 2. The first-order valence-electron chi connectivity index (χ1n) is 9.56. The quantitative estimate of drug-likeness (QED) is 0.435. The smallest absolute Gasteiger partial charge is 0.294 e. The molecule has 1 N–H and O–H groups in total. The maximum absolute atomic E-state index is 13.5. The van der Waals surface area contributed by atoms with E-state index in [2.05, 4.69) is 0 Å². The third-order valence-corrected chi connectivity index (χ3v) is 6.18. The van der Waals surface area contributed by atoms with Crippen molar-refractivity contribution in [3.63, 3.8) is 0 Å². The second-order valence-electron chi connectivity index (χ2n) is 7.00. The molecule has 4 aromatic rings. The average Bonchev–Trinajstić information content (AvgIpc) is 3.52. The highest BCUT2D eigenvalue weighted by Gasteiger charge is 2.46. The zero-order valence-corrected chi connectivity index (χ0v) is 17.3. The van der Waals surface area contributed by atoms with Crippen molar-refractivity contribution >= 4 is 39.7 Å². The number of carbonyl (C=O) groups is 2. The molecule has 7 heteroatoms. The minimum absolute atomic E-state index is 0.0163. The summed E-state index contributed by atoms with van der Waals surface area (Å²) < 4.78 is 11.2. The van der Waals surface area contributed by atoms with Crippen LogP contribution in [0.4, 0.5) is 5.69 Å². The van der Waals surface area contributed by atoms with Crippen LogP contribution in [-0.4, -0.2) is 23.9 Å². The molecule has 1 aliphatic heterocycles. The maximum atomic E-state index is 13.5. The van der Waals surface area contributed by atoms with E-state index in [0.717, 1.165) is 10.3 Å². The van der Waals surface area contributed by atoms with Crippen molar-refractivity contribution in [3.05, 3.63) is 94.1 Å². The van der Waals surface area contributed by atoms with E-state index >= 15 is 0 Å². The number of nitrogens with zero attached hydrogens (tertiary/aromatic N) is 1. The van der Waals surface area contributed by atoms with E-state index in [1.54, 1.807) is 36.4 Å². The van der Waals surface area contributed by atoms with Gasteiger partial charge in [0.25, 0.3) is 5.91 Å². The number of amides is 1. The predicted molar refractivity (Wildman–Crippen MR) is 118 cm³/mol. The lowest BCUT2D eigenvalue weighted by molar-refractivity contribution is -0.117. The third-order valence-electron chi connectivity index (χ3n) is 5.26. The molecule has 0 spiro atoms. The molecule has 154 valence electrons. The van der Waals surface area contributed by atoms with Crippen molar-refractivity contribution in [1.82, 2.24) is 0 Å². The fourth-order valence-corrected chi connectivity index (χ4v) is 4.68. The van der Waals surface area contributed by atoms with Crippen LogP contribution in [0.5, 0.6) is 5.75 Å².